The molecule has 1 heterocycles. The Morgan fingerprint density at radius 3 is 1.89 bits per heavy atom. The van der Waals surface area contributed by atoms with Crippen molar-refractivity contribution in [2.45, 2.75) is 63.3 Å². The van der Waals surface area contributed by atoms with Gasteiger partial charge in [-0.1, -0.05) is 25.7 Å². The Labute approximate surface area is 106 Å². The second-order valence-electron chi connectivity index (χ2n) is 5.23. The number of hydrogen-bond donors (Lipinski definition) is 1. The molecule has 1 aliphatic carbocycles. The molecule has 0 aromatic rings. The molecule has 1 aliphatic heterocycles. The van der Waals surface area contributed by atoms with E-state index >= 15 is 0 Å². The van der Waals surface area contributed by atoms with Gasteiger partial charge in [-0.3, -0.25) is 14.5 Å². The zero-order chi connectivity index (χ0) is 13.2. The molecule has 0 unspecified atom stereocenters. The van der Waals surface area contributed by atoms with E-state index in [0.29, 0.717) is 32.1 Å². The summed E-state index contributed by atoms with van der Waals surface area (Å²) in [6.45, 7) is 0. The second kappa shape index (κ2) is 5.08. The van der Waals surface area contributed by atoms with Crippen LogP contribution in [-0.4, -0.2) is 33.3 Å². The molecule has 2 fully saturated rings. The van der Waals surface area contributed by atoms with E-state index in [9.17, 15) is 19.5 Å². The minimum Gasteiger partial charge on any atom is -0.479 e. The van der Waals surface area contributed by atoms with Crippen LogP contribution in [0.1, 0.15) is 57.8 Å². The number of aliphatic carboxylic acids is 1. The third-order valence-corrected chi connectivity index (χ3v) is 4.04. The Kier molecular flexibility index (Phi) is 3.68. The number of piperidine rings is 1. The van der Waals surface area contributed by atoms with E-state index in [-0.39, 0.29) is 11.8 Å². The van der Waals surface area contributed by atoms with Crippen LogP contribution in [0.5, 0.6) is 0 Å². The molecule has 0 aromatic heterocycles. The Balaban J connectivity index is 2.35. The van der Waals surface area contributed by atoms with Gasteiger partial charge in [0.15, 0.2) is 0 Å². The van der Waals surface area contributed by atoms with Gasteiger partial charge in [0.2, 0.25) is 11.8 Å². The lowest BCUT2D eigenvalue weighted by Crippen LogP contribution is -2.60. The van der Waals surface area contributed by atoms with E-state index in [4.69, 9.17) is 0 Å². The maximum atomic E-state index is 12.0. The van der Waals surface area contributed by atoms with Gasteiger partial charge >= 0.3 is 5.97 Å². The fraction of sp³-hybridized carbons (Fsp3) is 0.769. The van der Waals surface area contributed by atoms with Gasteiger partial charge in [0.1, 0.15) is 5.54 Å². The highest BCUT2D eigenvalue weighted by atomic mass is 16.4. The molecule has 0 spiro atoms. The molecule has 100 valence electrons. The van der Waals surface area contributed by atoms with Crippen molar-refractivity contribution in [3.8, 4) is 0 Å². The van der Waals surface area contributed by atoms with Crippen LogP contribution in [0.3, 0.4) is 0 Å². The minimum atomic E-state index is -1.27. The summed E-state index contributed by atoms with van der Waals surface area (Å²) in [5.74, 6) is -1.64. The van der Waals surface area contributed by atoms with Crippen molar-refractivity contribution in [2.24, 2.45) is 0 Å². The third-order valence-electron chi connectivity index (χ3n) is 4.04. The first-order valence-electron chi connectivity index (χ1n) is 6.67. The van der Waals surface area contributed by atoms with Crippen molar-refractivity contribution in [1.82, 2.24) is 4.90 Å². The van der Waals surface area contributed by atoms with Crippen LogP contribution >= 0.6 is 0 Å². The molecule has 0 aromatic carbocycles. The van der Waals surface area contributed by atoms with E-state index in [1.54, 1.807) is 0 Å². The monoisotopic (exact) mass is 253 g/mol. The SMILES string of the molecule is O=C1CCCC(=O)N1C1(C(=O)O)CCCCCC1. The van der Waals surface area contributed by atoms with E-state index in [1.807, 2.05) is 0 Å². The predicted molar refractivity (Wildman–Crippen MR) is 63.8 cm³/mol. The molecular weight excluding hydrogens is 234 g/mol. The van der Waals surface area contributed by atoms with E-state index in [2.05, 4.69) is 0 Å². The Hall–Kier alpha value is -1.39. The van der Waals surface area contributed by atoms with Crippen molar-refractivity contribution in [3.05, 3.63) is 0 Å². The van der Waals surface area contributed by atoms with Gasteiger partial charge in [0.05, 0.1) is 0 Å². The maximum Gasteiger partial charge on any atom is 0.330 e. The molecule has 5 nitrogen and oxygen atoms in total. The first-order chi connectivity index (χ1) is 8.58. The Morgan fingerprint density at radius 1 is 0.944 bits per heavy atom. The lowest BCUT2D eigenvalue weighted by Gasteiger charge is -2.40. The third kappa shape index (κ3) is 2.13. The number of carboxylic acid groups (broad SMARTS) is 1. The van der Waals surface area contributed by atoms with Gasteiger partial charge < -0.3 is 5.11 Å². The van der Waals surface area contributed by atoms with Gasteiger partial charge in [-0.25, -0.2) is 4.79 Å². The molecular formula is C13H19NO4. The number of likely N-dealkylation sites (tertiary alicyclic amines) is 1. The van der Waals surface area contributed by atoms with Crippen LogP contribution < -0.4 is 0 Å². The molecule has 1 saturated heterocycles. The topological polar surface area (TPSA) is 74.7 Å². The molecule has 1 saturated carbocycles. The van der Waals surface area contributed by atoms with Crippen LogP contribution in [0.15, 0.2) is 0 Å². The number of carboxylic acids is 1. The molecule has 2 rings (SSSR count). The van der Waals surface area contributed by atoms with Gasteiger partial charge in [-0.15, -0.1) is 0 Å². The van der Waals surface area contributed by atoms with Gasteiger partial charge in [0.25, 0.3) is 0 Å². The van der Waals surface area contributed by atoms with Gasteiger partial charge in [-0.2, -0.15) is 0 Å². The van der Waals surface area contributed by atoms with Gasteiger partial charge in [0, 0.05) is 12.8 Å². The average Bonchev–Trinajstić information content (AvgIpc) is 2.55. The second-order valence-corrected chi connectivity index (χ2v) is 5.23. The normalized spacial score (nSPS) is 24.8. The lowest BCUT2D eigenvalue weighted by molar-refractivity contribution is -0.170. The van der Waals surface area contributed by atoms with Crippen molar-refractivity contribution >= 4 is 17.8 Å². The summed E-state index contributed by atoms with van der Waals surface area (Å²) in [6.07, 6.45) is 5.42. The molecule has 5 heteroatoms. The van der Waals surface area contributed by atoms with Crippen LogP contribution in [0.2, 0.25) is 0 Å². The number of amides is 2. The number of rotatable bonds is 2. The van der Waals surface area contributed by atoms with E-state index in [1.165, 1.54) is 0 Å². The first kappa shape index (κ1) is 13.1. The summed E-state index contributed by atoms with van der Waals surface area (Å²) in [7, 11) is 0. The smallest absolute Gasteiger partial charge is 0.330 e. The number of hydrogen-bond acceptors (Lipinski definition) is 3. The summed E-state index contributed by atoms with van der Waals surface area (Å²) in [6, 6.07) is 0. The standard InChI is InChI=1S/C13H19NO4/c15-10-6-5-7-11(16)14(10)13(12(17)18)8-3-1-2-4-9-13/h1-9H2,(H,17,18). The van der Waals surface area contributed by atoms with Crippen molar-refractivity contribution in [3.63, 3.8) is 0 Å². The van der Waals surface area contributed by atoms with Crippen LogP contribution in [0.4, 0.5) is 0 Å². The van der Waals surface area contributed by atoms with Crippen molar-refractivity contribution < 1.29 is 19.5 Å². The lowest BCUT2D eigenvalue weighted by atomic mass is 9.86. The van der Waals surface area contributed by atoms with Crippen LogP contribution in [0, 0.1) is 0 Å². The number of nitrogens with zero attached hydrogens (tertiary/aromatic N) is 1. The molecule has 0 atom stereocenters. The molecule has 18 heavy (non-hydrogen) atoms. The van der Waals surface area contributed by atoms with E-state index < -0.39 is 11.5 Å². The van der Waals surface area contributed by atoms with Crippen molar-refractivity contribution in [2.75, 3.05) is 0 Å². The average molecular weight is 253 g/mol. The van der Waals surface area contributed by atoms with E-state index in [0.717, 1.165) is 30.6 Å². The molecule has 1 N–H and O–H groups in total. The zero-order valence-electron chi connectivity index (χ0n) is 10.5. The zero-order valence-corrected chi connectivity index (χ0v) is 10.5. The number of imide groups is 1. The summed E-state index contributed by atoms with van der Waals surface area (Å²) in [5.41, 5.74) is -1.27. The molecule has 0 bridgehead atoms. The highest BCUT2D eigenvalue weighted by Crippen LogP contribution is 2.35. The number of carbonyl (C=O) groups is 3. The highest BCUT2D eigenvalue weighted by molar-refractivity contribution is 6.02. The molecule has 2 aliphatic rings. The molecule has 2 amide bonds. The van der Waals surface area contributed by atoms with Crippen LogP contribution in [0.25, 0.3) is 0 Å². The van der Waals surface area contributed by atoms with Crippen LogP contribution in [-0.2, 0) is 14.4 Å². The maximum absolute atomic E-state index is 12.0. The Morgan fingerprint density at radius 2 is 1.44 bits per heavy atom. The predicted octanol–water partition coefficient (Wildman–Crippen LogP) is 1.70. The molecule has 0 radical (unpaired) electrons. The largest absolute Gasteiger partial charge is 0.479 e. The fourth-order valence-electron chi connectivity index (χ4n) is 3.08. The van der Waals surface area contributed by atoms with Crippen molar-refractivity contribution in [1.29, 1.82) is 0 Å². The highest BCUT2D eigenvalue weighted by Gasteiger charge is 2.50. The van der Waals surface area contributed by atoms with Gasteiger partial charge in [-0.05, 0) is 19.3 Å². The summed E-state index contributed by atoms with van der Waals surface area (Å²) < 4.78 is 0. The first-order valence-corrected chi connectivity index (χ1v) is 6.67. The minimum absolute atomic E-state index is 0.292. The Bertz CT molecular complexity index is 353. The summed E-state index contributed by atoms with van der Waals surface area (Å²) in [4.78, 5) is 36.7. The quantitative estimate of drug-likeness (QED) is 0.600. The summed E-state index contributed by atoms with van der Waals surface area (Å²) in [5, 5.41) is 9.56. The summed E-state index contributed by atoms with van der Waals surface area (Å²) >= 11 is 0. The number of carbonyl (C=O) groups excluding carboxylic acids is 2. The fourth-order valence-corrected chi connectivity index (χ4v) is 3.08.